The maximum atomic E-state index is 15.2. The zero-order valence-electron chi connectivity index (χ0n) is 15.7. The van der Waals surface area contributed by atoms with E-state index in [0.29, 0.717) is 6.07 Å². The molecule has 30 heavy (non-hydrogen) atoms. The highest BCUT2D eigenvalue weighted by molar-refractivity contribution is 5.80. The van der Waals surface area contributed by atoms with E-state index in [9.17, 15) is 13.9 Å². The minimum Gasteiger partial charge on any atom is -0.381 e. The van der Waals surface area contributed by atoms with Gasteiger partial charge in [-0.05, 0) is 31.2 Å². The summed E-state index contributed by atoms with van der Waals surface area (Å²) in [6.45, 7) is 1.16. The molecule has 0 unspecified atom stereocenters. The molecular formula is C20H15F3N6O. The van der Waals surface area contributed by atoms with Gasteiger partial charge in [0.05, 0.1) is 35.1 Å². The van der Waals surface area contributed by atoms with E-state index in [2.05, 4.69) is 15.2 Å². The minimum atomic E-state index is -2.06. The van der Waals surface area contributed by atoms with Gasteiger partial charge in [0.1, 0.15) is 29.9 Å². The highest BCUT2D eigenvalue weighted by Crippen LogP contribution is 2.38. The van der Waals surface area contributed by atoms with Crippen LogP contribution in [-0.2, 0) is 12.1 Å². The first-order valence-electron chi connectivity index (χ1n) is 8.91. The molecule has 0 aliphatic heterocycles. The predicted octanol–water partition coefficient (Wildman–Crippen LogP) is 3.07. The van der Waals surface area contributed by atoms with Gasteiger partial charge in [-0.15, -0.1) is 0 Å². The van der Waals surface area contributed by atoms with Crippen molar-refractivity contribution in [2.45, 2.75) is 25.1 Å². The fraction of sp³-hybridized carbons (Fsp3) is 0.200. The average Bonchev–Trinajstić information content (AvgIpc) is 3.34. The molecule has 2 atom stereocenters. The van der Waals surface area contributed by atoms with Crippen LogP contribution < -0.4 is 0 Å². The second kappa shape index (κ2) is 7.27. The van der Waals surface area contributed by atoms with Crippen molar-refractivity contribution in [2.24, 2.45) is 0 Å². The summed E-state index contributed by atoms with van der Waals surface area (Å²) in [5.41, 5.74) is -1.80. The van der Waals surface area contributed by atoms with Crippen LogP contribution in [0.2, 0.25) is 0 Å². The molecule has 0 aliphatic carbocycles. The molecule has 0 fully saturated rings. The van der Waals surface area contributed by atoms with E-state index in [4.69, 9.17) is 5.26 Å². The highest BCUT2D eigenvalue weighted by atomic mass is 19.1. The van der Waals surface area contributed by atoms with Gasteiger partial charge in [-0.3, -0.25) is 0 Å². The smallest absolute Gasteiger partial charge is 0.219 e. The first-order valence-corrected chi connectivity index (χ1v) is 8.91. The summed E-state index contributed by atoms with van der Waals surface area (Å²) in [7, 11) is 0. The third-order valence-electron chi connectivity index (χ3n) is 5.09. The lowest BCUT2D eigenvalue weighted by molar-refractivity contribution is -0.0400. The van der Waals surface area contributed by atoms with E-state index in [1.807, 2.05) is 6.07 Å². The van der Waals surface area contributed by atoms with E-state index >= 15 is 4.39 Å². The number of aliphatic hydroxyl groups is 1. The molecule has 4 aromatic rings. The minimum absolute atomic E-state index is 0.0867. The molecule has 4 rings (SSSR count). The Morgan fingerprint density at radius 3 is 2.67 bits per heavy atom. The molecule has 7 nitrogen and oxygen atoms in total. The van der Waals surface area contributed by atoms with Gasteiger partial charge in [0.2, 0.25) is 5.95 Å². The van der Waals surface area contributed by atoms with E-state index in [0.717, 1.165) is 16.8 Å². The second-order valence-corrected chi connectivity index (χ2v) is 6.90. The fourth-order valence-corrected chi connectivity index (χ4v) is 3.44. The van der Waals surface area contributed by atoms with Crippen molar-refractivity contribution in [3.05, 3.63) is 77.8 Å². The molecule has 0 bridgehead atoms. The highest BCUT2D eigenvalue weighted by Gasteiger charge is 2.42. The summed E-state index contributed by atoms with van der Waals surface area (Å²) in [4.78, 5) is 3.80. The Morgan fingerprint density at radius 2 is 2.00 bits per heavy atom. The summed E-state index contributed by atoms with van der Waals surface area (Å²) >= 11 is 0. The quantitative estimate of drug-likeness (QED) is 0.544. The van der Waals surface area contributed by atoms with Crippen LogP contribution in [-0.4, -0.2) is 29.7 Å². The Bertz CT molecular complexity index is 1260. The zero-order chi connectivity index (χ0) is 21.5. The van der Waals surface area contributed by atoms with E-state index < -0.39 is 29.2 Å². The zero-order valence-corrected chi connectivity index (χ0v) is 15.7. The topological polar surface area (TPSA) is 92.6 Å². The standard InChI is InChI=1S/C20H15F3N6O/c1-12(29-19(23)15-6-13(8-24)2-5-18(15)27-29)20(30,9-28-11-25-10-26-28)16-4-3-14(21)7-17(16)22/h2-7,10-12,30H,9H2,1H3/t12-,20-/m1/s1. The Kier molecular flexibility index (Phi) is 4.75. The Morgan fingerprint density at radius 1 is 1.20 bits per heavy atom. The largest absolute Gasteiger partial charge is 0.381 e. The normalized spacial score (nSPS) is 14.4. The third kappa shape index (κ3) is 3.19. The van der Waals surface area contributed by atoms with Crippen molar-refractivity contribution in [1.29, 1.82) is 5.26 Å². The molecule has 2 aromatic heterocycles. The molecule has 0 spiro atoms. The monoisotopic (exact) mass is 412 g/mol. The summed E-state index contributed by atoms with van der Waals surface area (Å²) in [6, 6.07) is 7.86. The van der Waals surface area contributed by atoms with Gasteiger partial charge in [0.15, 0.2) is 0 Å². The third-order valence-corrected chi connectivity index (χ3v) is 5.09. The van der Waals surface area contributed by atoms with Crippen LogP contribution >= 0.6 is 0 Å². The predicted molar refractivity (Wildman–Crippen MR) is 99.4 cm³/mol. The summed E-state index contributed by atoms with van der Waals surface area (Å²) in [6.07, 6.45) is 2.55. The van der Waals surface area contributed by atoms with Gasteiger partial charge in [-0.25, -0.2) is 23.1 Å². The average molecular weight is 412 g/mol. The van der Waals surface area contributed by atoms with E-state index in [-0.39, 0.29) is 28.6 Å². The summed E-state index contributed by atoms with van der Waals surface area (Å²) in [5.74, 6) is -2.60. The lowest BCUT2D eigenvalue weighted by Gasteiger charge is -2.34. The fourth-order valence-electron chi connectivity index (χ4n) is 3.44. The molecule has 10 heteroatoms. The van der Waals surface area contributed by atoms with Gasteiger partial charge in [0, 0.05) is 11.6 Å². The summed E-state index contributed by atoms with van der Waals surface area (Å²) < 4.78 is 45.5. The molecular weight excluding hydrogens is 397 g/mol. The van der Waals surface area contributed by atoms with Gasteiger partial charge in [0.25, 0.3) is 0 Å². The molecule has 2 heterocycles. The number of hydrogen-bond donors (Lipinski definition) is 1. The number of halogens is 3. The van der Waals surface area contributed by atoms with Crippen LogP contribution in [0, 0.1) is 28.9 Å². The number of fused-ring (bicyclic) bond motifs is 1. The van der Waals surface area contributed by atoms with Crippen LogP contribution in [0.25, 0.3) is 10.9 Å². The van der Waals surface area contributed by atoms with Crippen LogP contribution in [0.5, 0.6) is 0 Å². The van der Waals surface area contributed by atoms with Crippen LogP contribution in [0.15, 0.2) is 49.1 Å². The number of benzene rings is 2. The van der Waals surface area contributed by atoms with Crippen LogP contribution in [0.3, 0.4) is 0 Å². The van der Waals surface area contributed by atoms with Crippen LogP contribution in [0.1, 0.15) is 24.1 Å². The van der Waals surface area contributed by atoms with Gasteiger partial charge in [-0.2, -0.15) is 19.8 Å². The number of rotatable bonds is 5. The first kappa shape index (κ1) is 19.6. The van der Waals surface area contributed by atoms with Crippen molar-refractivity contribution >= 4 is 10.9 Å². The van der Waals surface area contributed by atoms with E-state index in [1.165, 1.54) is 42.5 Å². The molecule has 0 radical (unpaired) electrons. The lowest BCUT2D eigenvalue weighted by atomic mass is 9.86. The molecule has 0 saturated carbocycles. The second-order valence-electron chi connectivity index (χ2n) is 6.90. The van der Waals surface area contributed by atoms with Crippen molar-refractivity contribution in [3.8, 4) is 6.07 Å². The lowest BCUT2D eigenvalue weighted by Crippen LogP contribution is -2.41. The van der Waals surface area contributed by atoms with Gasteiger partial charge < -0.3 is 5.11 Å². The van der Waals surface area contributed by atoms with E-state index in [1.54, 1.807) is 0 Å². The van der Waals surface area contributed by atoms with Crippen molar-refractivity contribution in [1.82, 2.24) is 24.5 Å². The molecule has 0 aliphatic rings. The maximum Gasteiger partial charge on any atom is 0.219 e. The molecule has 2 aromatic carbocycles. The number of hydrogen-bond acceptors (Lipinski definition) is 5. The number of nitrogens with zero attached hydrogens (tertiary/aromatic N) is 6. The van der Waals surface area contributed by atoms with Crippen LogP contribution in [0.4, 0.5) is 13.2 Å². The van der Waals surface area contributed by atoms with Gasteiger partial charge >= 0.3 is 0 Å². The number of aromatic nitrogens is 5. The van der Waals surface area contributed by atoms with Crippen molar-refractivity contribution in [3.63, 3.8) is 0 Å². The summed E-state index contributed by atoms with van der Waals surface area (Å²) in [5, 5.41) is 28.8. The van der Waals surface area contributed by atoms with Gasteiger partial charge in [-0.1, -0.05) is 6.07 Å². The molecule has 1 N–H and O–H groups in total. The SMILES string of the molecule is C[C@@H](n1nc2ccc(C#N)cc2c1F)[C@](O)(Cn1cncn1)c1ccc(F)cc1F. The Labute approximate surface area is 168 Å². The maximum absolute atomic E-state index is 15.2. The first-order chi connectivity index (χ1) is 14.3. The molecule has 0 saturated heterocycles. The molecule has 0 amide bonds. The Hall–Kier alpha value is -3.71. The molecule has 152 valence electrons. The van der Waals surface area contributed by atoms with Crippen molar-refractivity contribution < 1.29 is 18.3 Å². The Balaban J connectivity index is 1.87. The van der Waals surface area contributed by atoms with Crippen molar-refractivity contribution in [2.75, 3.05) is 0 Å². The number of nitriles is 1.